The summed E-state index contributed by atoms with van der Waals surface area (Å²) in [6, 6.07) is 6.37. The fraction of sp³-hybridized carbons (Fsp3) is 0.571. The average Bonchev–Trinajstić information content (AvgIpc) is 2.39. The summed E-state index contributed by atoms with van der Waals surface area (Å²) in [5.41, 5.74) is 1.17. The van der Waals surface area contributed by atoms with Crippen LogP contribution < -0.4 is 5.32 Å². The van der Waals surface area contributed by atoms with E-state index in [-0.39, 0.29) is 0 Å². The maximum atomic E-state index is 6.27. The number of benzene rings is 1. The Balaban J connectivity index is 1.78. The standard InChI is InChI=1S/C14H20BrClN2S/c1-11(13-3-2-12(15)10-14(13)16)17-4-5-18-6-8-19-9-7-18/h2-3,10-11,17H,4-9H2,1H3. The topological polar surface area (TPSA) is 15.3 Å². The molecule has 0 bridgehead atoms. The molecule has 1 aromatic carbocycles. The van der Waals surface area contributed by atoms with Crippen LogP contribution in [0, 0.1) is 0 Å². The Labute approximate surface area is 133 Å². The number of nitrogens with zero attached hydrogens (tertiary/aromatic N) is 1. The Morgan fingerprint density at radius 2 is 2.16 bits per heavy atom. The summed E-state index contributed by atoms with van der Waals surface area (Å²) in [5.74, 6) is 2.54. The van der Waals surface area contributed by atoms with Gasteiger partial charge in [-0.15, -0.1) is 0 Å². The van der Waals surface area contributed by atoms with Crippen molar-refractivity contribution in [3.63, 3.8) is 0 Å². The molecule has 2 rings (SSSR count). The second-order valence-corrected chi connectivity index (χ2v) is 7.34. The highest BCUT2D eigenvalue weighted by Gasteiger charge is 2.12. The third-order valence-electron chi connectivity index (χ3n) is 3.41. The molecule has 1 aliphatic rings. The van der Waals surface area contributed by atoms with E-state index in [1.807, 2.05) is 12.1 Å². The summed E-state index contributed by atoms with van der Waals surface area (Å²) in [6.45, 7) is 6.75. The second kappa shape index (κ2) is 7.89. The van der Waals surface area contributed by atoms with Gasteiger partial charge in [0.2, 0.25) is 0 Å². The Kier molecular flexibility index (Phi) is 6.50. The van der Waals surface area contributed by atoms with Crippen LogP contribution in [0.25, 0.3) is 0 Å². The highest BCUT2D eigenvalue weighted by Crippen LogP contribution is 2.26. The van der Waals surface area contributed by atoms with Crippen molar-refractivity contribution in [2.24, 2.45) is 0 Å². The molecular formula is C14H20BrClN2S. The summed E-state index contributed by atoms with van der Waals surface area (Å²) < 4.78 is 1.03. The molecular weight excluding hydrogens is 344 g/mol. The maximum absolute atomic E-state index is 6.27. The molecule has 1 saturated heterocycles. The van der Waals surface area contributed by atoms with E-state index in [9.17, 15) is 0 Å². The van der Waals surface area contributed by atoms with Gasteiger partial charge in [-0.05, 0) is 24.6 Å². The lowest BCUT2D eigenvalue weighted by molar-refractivity contribution is 0.297. The minimum absolute atomic E-state index is 0.291. The summed E-state index contributed by atoms with van der Waals surface area (Å²) in [7, 11) is 0. The maximum Gasteiger partial charge on any atom is 0.0464 e. The van der Waals surface area contributed by atoms with Crippen LogP contribution in [0.2, 0.25) is 5.02 Å². The second-order valence-electron chi connectivity index (χ2n) is 4.80. The molecule has 1 aliphatic heterocycles. The zero-order valence-corrected chi connectivity index (χ0v) is 14.3. The quantitative estimate of drug-likeness (QED) is 0.856. The first-order valence-electron chi connectivity index (χ1n) is 6.65. The van der Waals surface area contributed by atoms with Gasteiger partial charge in [0.15, 0.2) is 0 Å². The van der Waals surface area contributed by atoms with Gasteiger partial charge < -0.3 is 10.2 Å². The van der Waals surface area contributed by atoms with Crippen LogP contribution in [0.4, 0.5) is 0 Å². The predicted octanol–water partition coefficient (Wildman–Crippen LogP) is 3.80. The Bertz CT molecular complexity index is 410. The third kappa shape index (κ3) is 4.94. The van der Waals surface area contributed by atoms with Crippen LogP contribution in [0.1, 0.15) is 18.5 Å². The molecule has 1 fully saturated rings. The zero-order valence-electron chi connectivity index (χ0n) is 11.2. The van der Waals surface area contributed by atoms with Crippen molar-refractivity contribution >= 4 is 39.3 Å². The highest BCUT2D eigenvalue weighted by atomic mass is 79.9. The minimum Gasteiger partial charge on any atom is -0.309 e. The van der Waals surface area contributed by atoms with Gasteiger partial charge in [0, 0.05) is 53.2 Å². The molecule has 0 radical (unpaired) electrons. The first-order chi connectivity index (χ1) is 9.16. The molecule has 1 heterocycles. The van der Waals surface area contributed by atoms with E-state index in [0.717, 1.165) is 22.6 Å². The number of rotatable bonds is 5. The molecule has 1 aromatic rings. The van der Waals surface area contributed by atoms with Crippen molar-refractivity contribution in [2.45, 2.75) is 13.0 Å². The van der Waals surface area contributed by atoms with E-state index in [1.165, 1.54) is 30.2 Å². The molecule has 5 heteroatoms. The molecule has 0 aromatic heterocycles. The summed E-state index contributed by atoms with van der Waals surface area (Å²) in [6.07, 6.45) is 0. The number of halogens is 2. The first kappa shape index (κ1) is 15.6. The average molecular weight is 364 g/mol. The highest BCUT2D eigenvalue weighted by molar-refractivity contribution is 9.10. The van der Waals surface area contributed by atoms with Gasteiger partial charge in [-0.3, -0.25) is 0 Å². The molecule has 0 saturated carbocycles. The molecule has 2 nitrogen and oxygen atoms in total. The Morgan fingerprint density at radius 1 is 1.42 bits per heavy atom. The summed E-state index contributed by atoms with van der Waals surface area (Å²) >= 11 is 11.8. The smallest absolute Gasteiger partial charge is 0.0464 e. The van der Waals surface area contributed by atoms with Crippen molar-refractivity contribution in [2.75, 3.05) is 37.7 Å². The SMILES string of the molecule is CC(NCCN1CCSCC1)c1ccc(Br)cc1Cl. The number of hydrogen-bond acceptors (Lipinski definition) is 3. The van der Waals surface area contributed by atoms with Crippen LogP contribution in [0.3, 0.4) is 0 Å². The van der Waals surface area contributed by atoms with Gasteiger partial charge >= 0.3 is 0 Å². The van der Waals surface area contributed by atoms with Crippen molar-refractivity contribution in [1.82, 2.24) is 10.2 Å². The van der Waals surface area contributed by atoms with Crippen LogP contribution in [-0.4, -0.2) is 42.6 Å². The van der Waals surface area contributed by atoms with E-state index in [2.05, 4.69) is 50.9 Å². The normalized spacial score (nSPS) is 18.5. The molecule has 0 aliphatic carbocycles. The largest absolute Gasteiger partial charge is 0.309 e. The van der Waals surface area contributed by atoms with Crippen LogP contribution in [0.5, 0.6) is 0 Å². The summed E-state index contributed by atoms with van der Waals surface area (Å²) in [4.78, 5) is 2.53. The monoisotopic (exact) mass is 362 g/mol. The molecule has 106 valence electrons. The van der Waals surface area contributed by atoms with Gasteiger partial charge in [0.1, 0.15) is 0 Å². The van der Waals surface area contributed by atoms with Crippen molar-refractivity contribution < 1.29 is 0 Å². The molecule has 0 spiro atoms. The van der Waals surface area contributed by atoms with E-state index >= 15 is 0 Å². The van der Waals surface area contributed by atoms with Crippen molar-refractivity contribution in [1.29, 1.82) is 0 Å². The Morgan fingerprint density at radius 3 is 2.84 bits per heavy atom. The number of hydrogen-bond donors (Lipinski definition) is 1. The van der Waals surface area contributed by atoms with E-state index in [4.69, 9.17) is 11.6 Å². The fourth-order valence-corrected chi connectivity index (χ4v) is 4.04. The zero-order chi connectivity index (χ0) is 13.7. The number of nitrogens with one attached hydrogen (secondary N) is 1. The molecule has 0 amide bonds. The Hall–Kier alpha value is 0.260. The fourth-order valence-electron chi connectivity index (χ4n) is 2.23. The van der Waals surface area contributed by atoms with E-state index < -0.39 is 0 Å². The van der Waals surface area contributed by atoms with Crippen molar-refractivity contribution in [3.05, 3.63) is 33.3 Å². The predicted molar refractivity (Wildman–Crippen MR) is 89.3 cm³/mol. The lowest BCUT2D eigenvalue weighted by Crippen LogP contribution is -2.38. The molecule has 1 atom stereocenters. The lowest BCUT2D eigenvalue weighted by atomic mass is 10.1. The van der Waals surface area contributed by atoms with E-state index in [0.29, 0.717) is 6.04 Å². The van der Waals surface area contributed by atoms with E-state index in [1.54, 1.807) is 0 Å². The van der Waals surface area contributed by atoms with Gasteiger partial charge in [-0.25, -0.2) is 0 Å². The molecule has 1 N–H and O–H groups in total. The first-order valence-corrected chi connectivity index (χ1v) is 8.98. The van der Waals surface area contributed by atoms with Crippen molar-refractivity contribution in [3.8, 4) is 0 Å². The number of thioether (sulfide) groups is 1. The van der Waals surface area contributed by atoms with Gasteiger partial charge in [-0.1, -0.05) is 33.6 Å². The summed E-state index contributed by atoms with van der Waals surface area (Å²) in [5, 5.41) is 4.38. The van der Waals surface area contributed by atoms with Gasteiger partial charge in [-0.2, -0.15) is 11.8 Å². The van der Waals surface area contributed by atoms with Gasteiger partial charge in [0.05, 0.1) is 0 Å². The third-order valence-corrected chi connectivity index (χ3v) is 5.17. The van der Waals surface area contributed by atoms with Gasteiger partial charge in [0.25, 0.3) is 0 Å². The van der Waals surface area contributed by atoms with Crippen LogP contribution >= 0.6 is 39.3 Å². The lowest BCUT2D eigenvalue weighted by Gasteiger charge is -2.27. The van der Waals surface area contributed by atoms with Crippen LogP contribution in [-0.2, 0) is 0 Å². The molecule has 19 heavy (non-hydrogen) atoms. The minimum atomic E-state index is 0.291. The molecule has 1 unspecified atom stereocenters. The van der Waals surface area contributed by atoms with Crippen LogP contribution in [0.15, 0.2) is 22.7 Å².